The van der Waals surface area contributed by atoms with Crippen LogP contribution in [0.5, 0.6) is 5.88 Å². The maximum atomic E-state index is 5.19. The fraction of sp³-hybridized carbons (Fsp3) is 0.214. The number of nitrogens with zero attached hydrogens (tertiary/aromatic N) is 1. The van der Waals surface area contributed by atoms with E-state index in [2.05, 4.69) is 51.4 Å². The fourth-order valence-corrected chi connectivity index (χ4v) is 2.06. The molecule has 1 aromatic carbocycles. The predicted octanol–water partition coefficient (Wildman–Crippen LogP) is 3.77. The third kappa shape index (κ3) is 3.01. The van der Waals surface area contributed by atoms with Crippen LogP contribution in [0.4, 0.5) is 5.69 Å². The molecule has 2 rings (SSSR count). The van der Waals surface area contributed by atoms with Gasteiger partial charge in [-0.1, -0.05) is 28.1 Å². The van der Waals surface area contributed by atoms with E-state index in [9.17, 15) is 0 Å². The molecule has 3 nitrogen and oxygen atoms in total. The van der Waals surface area contributed by atoms with Gasteiger partial charge in [-0.25, -0.2) is 4.98 Å². The van der Waals surface area contributed by atoms with Crippen LogP contribution in [0.2, 0.25) is 0 Å². The Morgan fingerprint density at radius 1 is 1.33 bits per heavy atom. The maximum absolute atomic E-state index is 5.19. The molecule has 0 saturated carbocycles. The molecule has 1 aromatic heterocycles. The van der Waals surface area contributed by atoms with E-state index in [0.29, 0.717) is 5.88 Å². The number of pyridine rings is 1. The van der Waals surface area contributed by atoms with Crippen molar-refractivity contribution < 1.29 is 4.74 Å². The zero-order valence-electron chi connectivity index (χ0n) is 10.4. The summed E-state index contributed by atoms with van der Waals surface area (Å²) in [6.45, 7) is 2.81. The van der Waals surface area contributed by atoms with E-state index in [0.717, 1.165) is 16.7 Å². The fourth-order valence-electron chi connectivity index (χ4n) is 1.63. The van der Waals surface area contributed by atoms with Crippen LogP contribution in [-0.2, 0) is 6.54 Å². The molecule has 94 valence electrons. The quantitative estimate of drug-likeness (QED) is 0.933. The van der Waals surface area contributed by atoms with Crippen molar-refractivity contribution in [1.29, 1.82) is 0 Å². The van der Waals surface area contributed by atoms with E-state index in [1.165, 1.54) is 11.1 Å². The smallest absolute Gasteiger partial charge is 0.237 e. The number of hydrogen-bond acceptors (Lipinski definition) is 3. The Bertz CT molecular complexity index is 543. The van der Waals surface area contributed by atoms with Gasteiger partial charge in [-0.15, -0.1) is 0 Å². The lowest BCUT2D eigenvalue weighted by Gasteiger charge is -2.10. The van der Waals surface area contributed by atoms with E-state index in [-0.39, 0.29) is 0 Å². The third-order valence-electron chi connectivity index (χ3n) is 2.68. The minimum Gasteiger partial charge on any atom is -0.480 e. The Balaban J connectivity index is 2.09. The second-order valence-corrected chi connectivity index (χ2v) is 4.85. The molecule has 18 heavy (non-hydrogen) atoms. The first kappa shape index (κ1) is 12.9. The molecule has 0 bridgehead atoms. The van der Waals surface area contributed by atoms with Crippen molar-refractivity contribution in [1.82, 2.24) is 4.98 Å². The minimum atomic E-state index is 0.615. The number of ether oxygens (including phenoxy) is 1. The minimum absolute atomic E-state index is 0.615. The van der Waals surface area contributed by atoms with Crippen molar-refractivity contribution in [2.24, 2.45) is 0 Å². The summed E-state index contributed by atoms with van der Waals surface area (Å²) in [6, 6.07) is 10.2. The van der Waals surface area contributed by atoms with Crippen LogP contribution in [0, 0.1) is 6.92 Å². The van der Waals surface area contributed by atoms with Crippen LogP contribution in [0.15, 0.2) is 41.0 Å². The van der Waals surface area contributed by atoms with E-state index < -0.39 is 0 Å². The molecule has 1 heterocycles. The summed E-state index contributed by atoms with van der Waals surface area (Å²) in [5.41, 5.74) is 3.34. The summed E-state index contributed by atoms with van der Waals surface area (Å²) in [7, 11) is 1.62. The van der Waals surface area contributed by atoms with Crippen molar-refractivity contribution in [3.8, 4) is 5.88 Å². The van der Waals surface area contributed by atoms with Gasteiger partial charge in [0.1, 0.15) is 0 Å². The lowest BCUT2D eigenvalue weighted by molar-refractivity contribution is 0.399. The van der Waals surface area contributed by atoms with Gasteiger partial charge in [-0.3, -0.25) is 0 Å². The largest absolute Gasteiger partial charge is 0.480 e. The second kappa shape index (κ2) is 5.87. The van der Waals surface area contributed by atoms with Gasteiger partial charge < -0.3 is 10.1 Å². The zero-order chi connectivity index (χ0) is 13.0. The first-order valence-corrected chi connectivity index (χ1v) is 6.48. The lowest BCUT2D eigenvalue weighted by Crippen LogP contribution is -2.02. The first-order valence-electron chi connectivity index (χ1n) is 5.68. The Labute approximate surface area is 115 Å². The van der Waals surface area contributed by atoms with E-state index in [1.54, 1.807) is 13.3 Å². The van der Waals surface area contributed by atoms with Gasteiger partial charge in [0.25, 0.3) is 0 Å². The average Bonchev–Trinajstić information content (AvgIpc) is 2.40. The second-order valence-electron chi connectivity index (χ2n) is 4.00. The van der Waals surface area contributed by atoms with Crippen molar-refractivity contribution in [3.63, 3.8) is 0 Å². The van der Waals surface area contributed by atoms with Gasteiger partial charge in [0, 0.05) is 17.2 Å². The SMILES string of the molecule is COc1ncccc1NCc1ccc(C)c(Br)c1. The highest BCUT2D eigenvalue weighted by Crippen LogP contribution is 2.22. The van der Waals surface area contributed by atoms with Gasteiger partial charge in [-0.2, -0.15) is 0 Å². The number of anilines is 1. The van der Waals surface area contributed by atoms with Gasteiger partial charge in [0.15, 0.2) is 0 Å². The number of halogens is 1. The van der Waals surface area contributed by atoms with Crippen LogP contribution in [0.1, 0.15) is 11.1 Å². The zero-order valence-corrected chi connectivity index (χ0v) is 12.0. The summed E-state index contributed by atoms with van der Waals surface area (Å²) in [4.78, 5) is 4.15. The van der Waals surface area contributed by atoms with Crippen LogP contribution < -0.4 is 10.1 Å². The molecule has 0 atom stereocenters. The number of aryl methyl sites for hydroxylation is 1. The maximum Gasteiger partial charge on any atom is 0.237 e. The standard InChI is InChI=1S/C14H15BrN2O/c1-10-5-6-11(8-12(10)15)9-17-13-4-3-7-16-14(13)18-2/h3-8,17H,9H2,1-2H3. The molecule has 0 aliphatic carbocycles. The Morgan fingerprint density at radius 3 is 2.89 bits per heavy atom. The summed E-state index contributed by atoms with van der Waals surface area (Å²) in [5.74, 6) is 0.615. The molecule has 0 saturated heterocycles. The molecule has 0 aliphatic rings. The number of methoxy groups -OCH3 is 1. The number of nitrogens with one attached hydrogen (secondary N) is 1. The number of hydrogen-bond donors (Lipinski definition) is 1. The van der Waals surface area contributed by atoms with Crippen LogP contribution in [0.3, 0.4) is 0 Å². The average molecular weight is 307 g/mol. The Kier molecular flexibility index (Phi) is 4.20. The molecule has 0 unspecified atom stereocenters. The topological polar surface area (TPSA) is 34.1 Å². The molecule has 0 amide bonds. The number of aromatic nitrogens is 1. The molecule has 1 N–H and O–H groups in total. The highest BCUT2D eigenvalue weighted by atomic mass is 79.9. The molecule has 0 spiro atoms. The molecular weight excluding hydrogens is 292 g/mol. The number of benzene rings is 1. The van der Waals surface area contributed by atoms with Gasteiger partial charge in [0.2, 0.25) is 5.88 Å². The molecule has 0 fully saturated rings. The van der Waals surface area contributed by atoms with E-state index >= 15 is 0 Å². The van der Waals surface area contributed by atoms with Crippen LogP contribution in [0.25, 0.3) is 0 Å². The van der Waals surface area contributed by atoms with Crippen molar-refractivity contribution in [3.05, 3.63) is 52.1 Å². The molecular formula is C14H15BrN2O. The molecule has 0 aliphatic heterocycles. The van der Waals surface area contributed by atoms with Crippen molar-refractivity contribution in [2.75, 3.05) is 12.4 Å². The van der Waals surface area contributed by atoms with Crippen LogP contribution >= 0.6 is 15.9 Å². The van der Waals surface area contributed by atoms with Gasteiger partial charge >= 0.3 is 0 Å². The van der Waals surface area contributed by atoms with Crippen molar-refractivity contribution >= 4 is 21.6 Å². The third-order valence-corrected chi connectivity index (χ3v) is 3.54. The highest BCUT2D eigenvalue weighted by Gasteiger charge is 2.03. The number of rotatable bonds is 4. The van der Waals surface area contributed by atoms with Gasteiger partial charge in [0.05, 0.1) is 12.8 Å². The summed E-state index contributed by atoms with van der Waals surface area (Å²) < 4.78 is 6.32. The van der Waals surface area contributed by atoms with E-state index in [1.807, 2.05) is 12.1 Å². The lowest BCUT2D eigenvalue weighted by atomic mass is 10.1. The normalized spacial score (nSPS) is 10.2. The van der Waals surface area contributed by atoms with Crippen molar-refractivity contribution in [2.45, 2.75) is 13.5 Å². The Hall–Kier alpha value is -1.55. The first-order chi connectivity index (χ1) is 8.70. The van der Waals surface area contributed by atoms with E-state index in [4.69, 9.17) is 4.74 Å². The monoisotopic (exact) mass is 306 g/mol. The Morgan fingerprint density at radius 2 is 2.17 bits per heavy atom. The predicted molar refractivity (Wildman–Crippen MR) is 77.0 cm³/mol. The highest BCUT2D eigenvalue weighted by molar-refractivity contribution is 9.10. The molecule has 2 aromatic rings. The summed E-state index contributed by atoms with van der Waals surface area (Å²) >= 11 is 3.54. The van der Waals surface area contributed by atoms with Gasteiger partial charge in [-0.05, 0) is 36.2 Å². The molecule has 4 heteroatoms. The van der Waals surface area contributed by atoms with Crippen LogP contribution in [-0.4, -0.2) is 12.1 Å². The summed E-state index contributed by atoms with van der Waals surface area (Å²) in [6.07, 6.45) is 1.71. The molecule has 0 radical (unpaired) electrons. The summed E-state index contributed by atoms with van der Waals surface area (Å²) in [5, 5.41) is 3.32.